The van der Waals surface area contributed by atoms with Gasteiger partial charge in [-0.05, 0) is 0 Å². The van der Waals surface area contributed by atoms with Gasteiger partial charge < -0.3 is 4.74 Å². The molecule has 1 aromatic rings. The second kappa shape index (κ2) is 2.81. The zero-order chi connectivity index (χ0) is 8.39. The normalized spacial score (nSPS) is 15.7. The first-order valence-corrected chi connectivity index (χ1v) is 3.79. The third-order valence-electron chi connectivity index (χ3n) is 1.72. The zero-order valence-electron chi connectivity index (χ0n) is 6.49. The van der Waals surface area contributed by atoms with Crippen molar-refractivity contribution in [2.24, 2.45) is 0 Å². The summed E-state index contributed by atoms with van der Waals surface area (Å²) in [5.74, 6) is 0.717. The number of hydrogen-bond acceptors (Lipinski definition) is 2. The molecule has 1 aromatic carbocycles. The van der Waals surface area contributed by atoms with Crippen LogP contribution >= 0.6 is 0 Å². The Balaban J connectivity index is 2.33. The van der Waals surface area contributed by atoms with Crippen molar-refractivity contribution in [2.75, 3.05) is 6.61 Å². The average Bonchev–Trinajstić information content (AvgIpc) is 2.54. The Morgan fingerprint density at radius 1 is 1.17 bits per heavy atom. The zero-order valence-corrected chi connectivity index (χ0v) is 6.49. The first-order chi connectivity index (χ1) is 5.86. The molecule has 2 rings (SSSR count). The predicted molar refractivity (Wildman–Crippen MR) is 45.4 cm³/mol. The van der Waals surface area contributed by atoms with Gasteiger partial charge >= 0.3 is 0 Å². The molecule has 0 aliphatic carbocycles. The molecule has 60 valence electrons. The van der Waals surface area contributed by atoms with E-state index in [1.807, 2.05) is 30.3 Å². The summed E-state index contributed by atoms with van der Waals surface area (Å²) >= 11 is 0. The molecule has 0 bridgehead atoms. The molecule has 0 amide bonds. The smallest absolute Gasteiger partial charge is 0.196 e. The van der Waals surface area contributed by atoms with Gasteiger partial charge in [0.2, 0.25) is 0 Å². The van der Waals surface area contributed by atoms with Crippen LogP contribution in [0.3, 0.4) is 0 Å². The monoisotopic (exact) mass is 160 g/mol. The van der Waals surface area contributed by atoms with Crippen LogP contribution in [0.5, 0.6) is 0 Å². The van der Waals surface area contributed by atoms with Gasteiger partial charge in [-0.2, -0.15) is 0 Å². The van der Waals surface area contributed by atoms with E-state index in [0.29, 0.717) is 5.76 Å². The standard InChI is InChI=1S/C10H8O2/c11-9-6-10(12-7-9)8-4-2-1-3-5-8/h1-6H,7H2. The van der Waals surface area contributed by atoms with Crippen LogP contribution < -0.4 is 0 Å². The highest BCUT2D eigenvalue weighted by Crippen LogP contribution is 2.19. The Hall–Kier alpha value is -1.57. The lowest BCUT2D eigenvalue weighted by Gasteiger charge is -2.00. The van der Waals surface area contributed by atoms with E-state index in [0.717, 1.165) is 5.56 Å². The van der Waals surface area contributed by atoms with Gasteiger partial charge in [0.15, 0.2) is 12.4 Å². The van der Waals surface area contributed by atoms with Gasteiger partial charge in [0.25, 0.3) is 0 Å². The maximum Gasteiger partial charge on any atom is 0.196 e. The fraction of sp³-hybridized carbons (Fsp3) is 0.100. The minimum absolute atomic E-state index is 0.0360. The lowest BCUT2D eigenvalue weighted by atomic mass is 10.2. The summed E-state index contributed by atoms with van der Waals surface area (Å²) in [5, 5.41) is 0. The van der Waals surface area contributed by atoms with Crippen LogP contribution in [0, 0.1) is 0 Å². The summed E-state index contributed by atoms with van der Waals surface area (Å²) in [6, 6.07) is 9.61. The molecular weight excluding hydrogens is 152 g/mol. The van der Waals surface area contributed by atoms with Crippen molar-refractivity contribution in [2.45, 2.75) is 0 Å². The molecular formula is C10H8O2. The predicted octanol–water partition coefficient (Wildman–Crippen LogP) is 1.63. The molecule has 12 heavy (non-hydrogen) atoms. The summed E-state index contributed by atoms with van der Waals surface area (Å²) in [5.41, 5.74) is 0.961. The van der Waals surface area contributed by atoms with Crippen LogP contribution in [0.1, 0.15) is 5.56 Å². The molecule has 1 heterocycles. The van der Waals surface area contributed by atoms with Gasteiger partial charge in [0.05, 0.1) is 0 Å². The van der Waals surface area contributed by atoms with Gasteiger partial charge in [-0.15, -0.1) is 0 Å². The quantitative estimate of drug-likeness (QED) is 0.624. The second-order valence-corrected chi connectivity index (χ2v) is 2.63. The van der Waals surface area contributed by atoms with E-state index in [2.05, 4.69) is 0 Å². The number of carbonyl (C=O) groups excluding carboxylic acids is 1. The number of carbonyl (C=O) groups is 1. The maximum atomic E-state index is 10.8. The molecule has 0 N–H and O–H groups in total. The number of ether oxygens (including phenoxy) is 1. The maximum absolute atomic E-state index is 10.8. The third kappa shape index (κ3) is 1.23. The molecule has 2 heteroatoms. The summed E-state index contributed by atoms with van der Waals surface area (Å²) in [7, 11) is 0. The molecule has 0 aromatic heterocycles. The molecule has 2 nitrogen and oxygen atoms in total. The van der Waals surface area contributed by atoms with E-state index < -0.39 is 0 Å². The Labute approximate surface area is 70.5 Å². The molecule has 0 radical (unpaired) electrons. The van der Waals surface area contributed by atoms with Crippen molar-refractivity contribution < 1.29 is 9.53 Å². The molecule has 1 aliphatic heterocycles. The van der Waals surface area contributed by atoms with Crippen molar-refractivity contribution in [3.8, 4) is 0 Å². The largest absolute Gasteiger partial charge is 0.485 e. The minimum Gasteiger partial charge on any atom is -0.485 e. The van der Waals surface area contributed by atoms with Gasteiger partial charge in [0, 0.05) is 11.6 Å². The second-order valence-electron chi connectivity index (χ2n) is 2.63. The van der Waals surface area contributed by atoms with Crippen LogP contribution in [0.2, 0.25) is 0 Å². The molecule has 0 saturated heterocycles. The Morgan fingerprint density at radius 3 is 2.50 bits per heavy atom. The summed E-state index contributed by atoms with van der Waals surface area (Å²) < 4.78 is 5.16. The molecule has 0 unspecified atom stereocenters. The van der Waals surface area contributed by atoms with E-state index in [-0.39, 0.29) is 12.4 Å². The molecule has 1 aliphatic rings. The van der Waals surface area contributed by atoms with Crippen molar-refractivity contribution in [1.29, 1.82) is 0 Å². The highest BCUT2D eigenvalue weighted by atomic mass is 16.5. The van der Waals surface area contributed by atoms with Crippen molar-refractivity contribution in [1.82, 2.24) is 0 Å². The Kier molecular flexibility index (Phi) is 1.67. The highest BCUT2D eigenvalue weighted by molar-refractivity contribution is 5.99. The van der Waals surface area contributed by atoms with Gasteiger partial charge in [-0.1, -0.05) is 30.3 Å². The van der Waals surface area contributed by atoms with Crippen molar-refractivity contribution in [3.05, 3.63) is 42.0 Å². The van der Waals surface area contributed by atoms with Crippen LogP contribution in [-0.2, 0) is 9.53 Å². The SMILES string of the molecule is O=C1C=C(c2ccccc2)OC1. The van der Waals surface area contributed by atoms with Crippen molar-refractivity contribution >= 4 is 11.5 Å². The number of benzene rings is 1. The Morgan fingerprint density at radius 2 is 1.92 bits per heavy atom. The van der Waals surface area contributed by atoms with Gasteiger partial charge in [-0.3, -0.25) is 4.79 Å². The highest BCUT2D eigenvalue weighted by Gasteiger charge is 2.13. The molecule has 0 spiro atoms. The van der Waals surface area contributed by atoms with Crippen LogP contribution in [-0.4, -0.2) is 12.4 Å². The molecule has 0 saturated carbocycles. The first-order valence-electron chi connectivity index (χ1n) is 3.79. The fourth-order valence-electron chi connectivity index (χ4n) is 1.15. The van der Waals surface area contributed by atoms with Crippen LogP contribution in [0.4, 0.5) is 0 Å². The molecule has 0 atom stereocenters. The van der Waals surface area contributed by atoms with E-state index >= 15 is 0 Å². The van der Waals surface area contributed by atoms with Gasteiger partial charge in [0.1, 0.15) is 5.76 Å². The first kappa shape index (κ1) is 7.10. The summed E-state index contributed by atoms with van der Waals surface area (Å²) in [6.07, 6.45) is 1.54. The number of rotatable bonds is 1. The number of ketones is 1. The fourth-order valence-corrected chi connectivity index (χ4v) is 1.15. The Bertz CT molecular complexity index is 325. The van der Waals surface area contributed by atoms with Gasteiger partial charge in [-0.25, -0.2) is 0 Å². The minimum atomic E-state index is 0.0360. The van der Waals surface area contributed by atoms with E-state index in [1.165, 1.54) is 6.08 Å². The summed E-state index contributed by atoms with van der Waals surface area (Å²) in [4.78, 5) is 10.8. The average molecular weight is 160 g/mol. The number of hydrogen-bond donors (Lipinski definition) is 0. The lowest BCUT2D eigenvalue weighted by Crippen LogP contribution is -1.92. The van der Waals surface area contributed by atoms with Crippen molar-refractivity contribution in [3.63, 3.8) is 0 Å². The van der Waals surface area contributed by atoms with E-state index in [1.54, 1.807) is 0 Å². The van der Waals surface area contributed by atoms with Crippen LogP contribution in [0.25, 0.3) is 5.76 Å². The van der Waals surface area contributed by atoms with Crippen LogP contribution in [0.15, 0.2) is 36.4 Å². The lowest BCUT2D eigenvalue weighted by molar-refractivity contribution is -0.115. The molecule has 0 fully saturated rings. The van der Waals surface area contributed by atoms with E-state index in [9.17, 15) is 4.79 Å². The van der Waals surface area contributed by atoms with E-state index in [4.69, 9.17) is 4.74 Å². The summed E-state index contributed by atoms with van der Waals surface area (Å²) in [6.45, 7) is 0.185. The third-order valence-corrected chi connectivity index (χ3v) is 1.72. The topological polar surface area (TPSA) is 26.3 Å².